The Bertz CT molecular complexity index is 473. The first kappa shape index (κ1) is 13.1. The van der Waals surface area contributed by atoms with Crippen molar-refractivity contribution in [3.8, 4) is 0 Å². The van der Waals surface area contributed by atoms with Crippen LogP contribution in [0, 0.1) is 6.92 Å². The summed E-state index contributed by atoms with van der Waals surface area (Å²) in [6, 6.07) is 0.961. The molecule has 3 rings (SSSR count). The maximum atomic E-state index is 12.6. The smallest absolute Gasteiger partial charge is 0.265 e. The van der Waals surface area contributed by atoms with E-state index in [9.17, 15) is 4.79 Å². The molecule has 104 valence electrons. The predicted octanol–water partition coefficient (Wildman–Crippen LogP) is 2.15. The summed E-state index contributed by atoms with van der Waals surface area (Å²) >= 11 is 1.51. The quantitative estimate of drug-likeness (QED) is 0.832. The molecule has 1 aromatic heterocycles. The molecule has 0 bridgehead atoms. The molecule has 4 nitrogen and oxygen atoms in total. The highest BCUT2D eigenvalue weighted by Gasteiger charge is 2.38. The van der Waals surface area contributed by atoms with Crippen molar-refractivity contribution in [2.24, 2.45) is 0 Å². The van der Waals surface area contributed by atoms with Gasteiger partial charge in [0.15, 0.2) is 0 Å². The molecular formula is C14H21N3OS. The zero-order valence-corrected chi connectivity index (χ0v) is 12.4. The van der Waals surface area contributed by atoms with E-state index in [0.29, 0.717) is 12.1 Å². The molecule has 5 heteroatoms. The van der Waals surface area contributed by atoms with Crippen LogP contribution in [0.4, 0.5) is 0 Å². The Morgan fingerprint density at radius 1 is 1.32 bits per heavy atom. The second-order valence-electron chi connectivity index (χ2n) is 5.64. The Balaban J connectivity index is 1.77. The number of rotatable bonds is 2. The Morgan fingerprint density at radius 2 is 2.05 bits per heavy atom. The van der Waals surface area contributed by atoms with Crippen molar-refractivity contribution in [2.45, 2.75) is 44.7 Å². The van der Waals surface area contributed by atoms with Gasteiger partial charge in [0, 0.05) is 18.6 Å². The lowest BCUT2D eigenvalue weighted by Gasteiger charge is -2.33. The second-order valence-corrected chi connectivity index (χ2v) is 6.88. The Kier molecular flexibility index (Phi) is 3.58. The summed E-state index contributed by atoms with van der Waals surface area (Å²) in [6.07, 6.45) is 6.51. The summed E-state index contributed by atoms with van der Waals surface area (Å²) in [4.78, 5) is 22.1. The molecule has 2 aliphatic heterocycles. The highest BCUT2D eigenvalue weighted by atomic mass is 32.1. The number of likely N-dealkylation sites (N-methyl/N-ethyl adjacent to an activating group) is 1. The van der Waals surface area contributed by atoms with Gasteiger partial charge in [-0.2, -0.15) is 0 Å². The molecule has 0 radical (unpaired) electrons. The average molecular weight is 279 g/mol. The van der Waals surface area contributed by atoms with Crippen LogP contribution in [0.15, 0.2) is 6.20 Å². The molecule has 1 amide bonds. The number of carbonyl (C=O) groups excluding carboxylic acids is 1. The second kappa shape index (κ2) is 5.21. The van der Waals surface area contributed by atoms with E-state index < -0.39 is 0 Å². The van der Waals surface area contributed by atoms with Crippen LogP contribution >= 0.6 is 11.3 Å². The number of likely N-dealkylation sites (tertiary alicyclic amines) is 2. The largest absolute Gasteiger partial charge is 0.333 e. The van der Waals surface area contributed by atoms with Gasteiger partial charge in [-0.3, -0.25) is 4.79 Å². The van der Waals surface area contributed by atoms with Gasteiger partial charge in [0.1, 0.15) is 4.88 Å². The first-order valence-electron chi connectivity index (χ1n) is 7.10. The van der Waals surface area contributed by atoms with Crippen molar-refractivity contribution in [2.75, 3.05) is 20.1 Å². The van der Waals surface area contributed by atoms with E-state index in [-0.39, 0.29) is 5.91 Å². The van der Waals surface area contributed by atoms with Crippen LogP contribution in [0.3, 0.4) is 0 Å². The van der Waals surface area contributed by atoms with Crippen LogP contribution in [0.1, 0.15) is 40.4 Å². The van der Waals surface area contributed by atoms with E-state index >= 15 is 0 Å². The molecule has 0 saturated carbocycles. The van der Waals surface area contributed by atoms with E-state index in [2.05, 4.69) is 21.8 Å². The molecule has 0 spiro atoms. The molecule has 0 aromatic carbocycles. The van der Waals surface area contributed by atoms with Crippen LogP contribution in [0.2, 0.25) is 0 Å². The van der Waals surface area contributed by atoms with Crippen LogP contribution in [0.5, 0.6) is 0 Å². The van der Waals surface area contributed by atoms with E-state index in [0.717, 1.165) is 29.3 Å². The van der Waals surface area contributed by atoms with Crippen molar-refractivity contribution in [1.82, 2.24) is 14.8 Å². The van der Waals surface area contributed by atoms with E-state index in [1.165, 1.54) is 30.7 Å². The average Bonchev–Trinajstić information content (AvgIpc) is 3.07. The van der Waals surface area contributed by atoms with Gasteiger partial charge in [-0.15, -0.1) is 11.3 Å². The molecule has 19 heavy (non-hydrogen) atoms. The third kappa shape index (κ3) is 2.41. The number of thiazole rings is 1. The lowest BCUT2D eigenvalue weighted by molar-refractivity contribution is 0.0669. The molecule has 2 fully saturated rings. The number of hydrogen-bond donors (Lipinski definition) is 0. The lowest BCUT2D eigenvalue weighted by atomic mass is 10.0. The lowest BCUT2D eigenvalue weighted by Crippen LogP contribution is -2.46. The van der Waals surface area contributed by atoms with Crippen molar-refractivity contribution in [1.29, 1.82) is 0 Å². The summed E-state index contributed by atoms with van der Waals surface area (Å²) in [5.74, 6) is 0.188. The third-order valence-electron chi connectivity index (χ3n) is 4.41. The van der Waals surface area contributed by atoms with Gasteiger partial charge in [0.2, 0.25) is 0 Å². The highest BCUT2D eigenvalue weighted by Crippen LogP contribution is 2.30. The van der Waals surface area contributed by atoms with Crippen molar-refractivity contribution in [3.63, 3.8) is 0 Å². The number of aryl methyl sites for hydroxylation is 1. The maximum Gasteiger partial charge on any atom is 0.265 e. The van der Waals surface area contributed by atoms with Gasteiger partial charge in [0.05, 0.1) is 11.2 Å². The number of nitrogens with zero attached hydrogens (tertiary/aromatic N) is 3. The van der Waals surface area contributed by atoms with Crippen LogP contribution < -0.4 is 0 Å². The van der Waals surface area contributed by atoms with Crippen LogP contribution in [-0.4, -0.2) is 52.9 Å². The van der Waals surface area contributed by atoms with Crippen LogP contribution in [0.25, 0.3) is 0 Å². The Hall–Kier alpha value is -0.940. The fourth-order valence-electron chi connectivity index (χ4n) is 3.47. The molecule has 0 aliphatic carbocycles. The summed E-state index contributed by atoms with van der Waals surface area (Å²) in [5.41, 5.74) is 0. The topological polar surface area (TPSA) is 36.4 Å². The molecule has 3 heterocycles. The maximum absolute atomic E-state index is 12.6. The first-order valence-corrected chi connectivity index (χ1v) is 7.92. The Morgan fingerprint density at radius 3 is 2.68 bits per heavy atom. The summed E-state index contributed by atoms with van der Waals surface area (Å²) in [5, 5.41) is 0.970. The van der Waals surface area contributed by atoms with Gasteiger partial charge in [-0.25, -0.2) is 4.98 Å². The Labute approximate surface area is 118 Å². The normalized spacial score (nSPS) is 28.2. The summed E-state index contributed by atoms with van der Waals surface area (Å²) < 4.78 is 0. The van der Waals surface area contributed by atoms with E-state index in [1.807, 2.05) is 6.92 Å². The van der Waals surface area contributed by atoms with Crippen molar-refractivity contribution < 1.29 is 4.79 Å². The third-order valence-corrected chi connectivity index (χ3v) is 5.31. The summed E-state index contributed by atoms with van der Waals surface area (Å²) in [7, 11) is 2.19. The number of aromatic nitrogens is 1. The highest BCUT2D eigenvalue weighted by molar-refractivity contribution is 7.13. The summed E-state index contributed by atoms with van der Waals surface area (Å²) in [6.45, 7) is 4.03. The van der Waals surface area contributed by atoms with Gasteiger partial charge in [-0.1, -0.05) is 0 Å². The standard InChI is InChI=1S/C14H21N3OS/c1-10-15-9-13(19-10)14(18)17-8-4-6-12(17)11-5-3-7-16(11)2/h9,11-12H,3-8H2,1-2H3/t11-,12+/m1/s1. The number of carbonyl (C=O) groups is 1. The zero-order valence-electron chi connectivity index (χ0n) is 11.6. The number of amides is 1. The zero-order chi connectivity index (χ0) is 13.4. The molecule has 0 N–H and O–H groups in total. The minimum absolute atomic E-state index is 0.188. The molecule has 1 aromatic rings. The molecule has 2 saturated heterocycles. The SMILES string of the molecule is Cc1ncc(C(=O)N2CCC[C@H]2[C@H]2CCCN2C)s1. The van der Waals surface area contributed by atoms with E-state index in [4.69, 9.17) is 0 Å². The molecule has 0 unspecified atom stereocenters. The molecule has 2 atom stereocenters. The van der Waals surface area contributed by atoms with E-state index in [1.54, 1.807) is 6.20 Å². The molecule has 2 aliphatic rings. The monoisotopic (exact) mass is 279 g/mol. The number of hydrogen-bond acceptors (Lipinski definition) is 4. The van der Waals surface area contributed by atoms with Gasteiger partial charge in [0.25, 0.3) is 5.91 Å². The van der Waals surface area contributed by atoms with Gasteiger partial charge >= 0.3 is 0 Å². The van der Waals surface area contributed by atoms with Crippen molar-refractivity contribution >= 4 is 17.2 Å². The van der Waals surface area contributed by atoms with Gasteiger partial charge in [-0.05, 0) is 46.2 Å². The first-order chi connectivity index (χ1) is 9.16. The fraction of sp³-hybridized carbons (Fsp3) is 0.714. The van der Waals surface area contributed by atoms with Crippen LogP contribution in [-0.2, 0) is 0 Å². The fourth-order valence-corrected chi connectivity index (χ4v) is 4.20. The van der Waals surface area contributed by atoms with Crippen molar-refractivity contribution in [3.05, 3.63) is 16.1 Å². The minimum Gasteiger partial charge on any atom is -0.333 e. The predicted molar refractivity (Wildman–Crippen MR) is 76.6 cm³/mol. The minimum atomic E-state index is 0.188. The molecular weight excluding hydrogens is 258 g/mol. The van der Waals surface area contributed by atoms with Gasteiger partial charge < -0.3 is 9.80 Å².